The van der Waals surface area contributed by atoms with Crippen LogP contribution in [0.5, 0.6) is 5.75 Å². The van der Waals surface area contributed by atoms with Crippen LogP contribution in [-0.4, -0.2) is 51.0 Å². The van der Waals surface area contributed by atoms with Gasteiger partial charge in [-0.2, -0.15) is 0 Å². The molecule has 7 heteroatoms. The van der Waals surface area contributed by atoms with Crippen LogP contribution in [0.2, 0.25) is 0 Å². The zero-order valence-electron chi connectivity index (χ0n) is 12.6. The number of anilines is 1. The Morgan fingerprint density at radius 1 is 1.33 bits per heavy atom. The SMILES string of the molecule is COc1cc(NC(C)=O)c([131I])cc1C(=O)NCCN(C)C. The molecule has 0 fully saturated rings. The number of halogens is 1. The zero-order chi connectivity index (χ0) is 16.0. The maximum atomic E-state index is 12.2. The molecule has 116 valence electrons. The normalized spacial score (nSPS) is 10.4. The molecular formula is C14H20IN3O3. The number of amides is 2. The number of hydrogen-bond acceptors (Lipinski definition) is 4. The lowest BCUT2D eigenvalue weighted by Crippen LogP contribution is -2.31. The van der Waals surface area contributed by atoms with Crippen molar-refractivity contribution in [2.45, 2.75) is 6.92 Å². The van der Waals surface area contributed by atoms with Gasteiger partial charge in [-0.05, 0) is 42.8 Å². The maximum absolute atomic E-state index is 12.2. The van der Waals surface area contributed by atoms with Gasteiger partial charge in [-0.15, -0.1) is 0 Å². The van der Waals surface area contributed by atoms with Gasteiger partial charge in [-0.3, -0.25) is 9.59 Å². The number of carbonyl (C=O) groups is 2. The average molecular weight is 409 g/mol. The van der Waals surface area contributed by atoms with Crippen molar-refractivity contribution in [3.8, 4) is 5.75 Å². The standard InChI is InChI=1S/C14H20IN3O3/c1-9(19)17-12-8-13(21-4)10(7-11(12)15)14(20)16-5-6-18(2)3/h7-8H,5-6H2,1-4H3,(H,16,20)(H,17,19)/i15+4. The van der Waals surface area contributed by atoms with Crippen molar-refractivity contribution in [1.82, 2.24) is 10.2 Å². The molecule has 0 saturated heterocycles. The van der Waals surface area contributed by atoms with E-state index in [1.54, 1.807) is 12.1 Å². The van der Waals surface area contributed by atoms with Crippen molar-refractivity contribution < 1.29 is 14.3 Å². The monoisotopic (exact) mass is 409 g/mol. The second-order valence-electron chi connectivity index (χ2n) is 4.77. The summed E-state index contributed by atoms with van der Waals surface area (Å²) in [5.74, 6) is 0.0701. The molecule has 0 bridgehead atoms. The van der Waals surface area contributed by atoms with E-state index in [0.717, 1.165) is 10.1 Å². The zero-order valence-corrected chi connectivity index (χ0v) is 14.8. The van der Waals surface area contributed by atoms with Crippen molar-refractivity contribution in [3.63, 3.8) is 0 Å². The number of methoxy groups -OCH3 is 1. The Hall–Kier alpha value is -1.35. The van der Waals surface area contributed by atoms with Gasteiger partial charge in [0.15, 0.2) is 0 Å². The minimum atomic E-state index is -0.194. The summed E-state index contributed by atoms with van der Waals surface area (Å²) in [7, 11) is 5.38. The van der Waals surface area contributed by atoms with Crippen molar-refractivity contribution in [2.24, 2.45) is 0 Å². The van der Waals surface area contributed by atoms with E-state index >= 15 is 0 Å². The highest BCUT2D eigenvalue weighted by Crippen LogP contribution is 2.28. The Labute approximate surface area is 138 Å². The summed E-state index contributed by atoms with van der Waals surface area (Å²) in [4.78, 5) is 25.3. The van der Waals surface area contributed by atoms with Gasteiger partial charge in [0.1, 0.15) is 5.75 Å². The molecule has 0 heterocycles. The van der Waals surface area contributed by atoms with Gasteiger partial charge in [0.05, 0.1) is 18.4 Å². The quantitative estimate of drug-likeness (QED) is 0.700. The second kappa shape index (κ2) is 8.18. The van der Waals surface area contributed by atoms with E-state index in [4.69, 9.17) is 4.74 Å². The lowest BCUT2D eigenvalue weighted by atomic mass is 10.1. The third kappa shape index (κ3) is 5.50. The molecule has 2 N–H and O–H groups in total. The number of nitrogens with one attached hydrogen (secondary N) is 2. The molecule has 0 radical (unpaired) electrons. The molecule has 1 aromatic rings. The highest BCUT2D eigenvalue weighted by atomic mass is 131. The minimum absolute atomic E-state index is 0.168. The van der Waals surface area contributed by atoms with Crippen LogP contribution in [-0.2, 0) is 4.79 Å². The van der Waals surface area contributed by atoms with Crippen LogP contribution in [0, 0.1) is 3.57 Å². The van der Waals surface area contributed by atoms with E-state index in [-0.39, 0.29) is 11.8 Å². The Balaban J connectivity index is 2.93. The number of likely N-dealkylation sites (N-methyl/N-ethyl adjacent to an activating group) is 1. The van der Waals surface area contributed by atoms with Crippen LogP contribution in [0.3, 0.4) is 0 Å². The third-order valence-electron chi connectivity index (χ3n) is 2.69. The largest absolute Gasteiger partial charge is 0.496 e. The molecular weight excluding hydrogens is 389 g/mol. The van der Waals surface area contributed by atoms with E-state index in [0.29, 0.717) is 23.5 Å². The Morgan fingerprint density at radius 3 is 2.52 bits per heavy atom. The predicted molar refractivity (Wildman–Crippen MR) is 90.9 cm³/mol. The first-order valence-corrected chi connectivity index (χ1v) is 7.51. The first kappa shape index (κ1) is 17.7. The van der Waals surface area contributed by atoms with Crippen LogP contribution < -0.4 is 15.4 Å². The van der Waals surface area contributed by atoms with E-state index < -0.39 is 0 Å². The van der Waals surface area contributed by atoms with Gasteiger partial charge < -0.3 is 20.3 Å². The molecule has 0 spiro atoms. The van der Waals surface area contributed by atoms with E-state index in [1.165, 1.54) is 14.0 Å². The molecule has 0 saturated carbocycles. The van der Waals surface area contributed by atoms with Gasteiger partial charge in [0.25, 0.3) is 5.91 Å². The van der Waals surface area contributed by atoms with Crippen LogP contribution >= 0.6 is 22.6 Å². The van der Waals surface area contributed by atoms with Crippen LogP contribution in [0.1, 0.15) is 17.3 Å². The lowest BCUT2D eigenvalue weighted by Gasteiger charge is -2.14. The molecule has 1 rings (SSSR count). The topological polar surface area (TPSA) is 70.7 Å². The van der Waals surface area contributed by atoms with Crippen molar-refractivity contribution in [2.75, 3.05) is 39.6 Å². The first-order chi connectivity index (χ1) is 9.85. The van der Waals surface area contributed by atoms with E-state index in [2.05, 4.69) is 33.2 Å². The smallest absolute Gasteiger partial charge is 0.255 e. The fourth-order valence-electron chi connectivity index (χ4n) is 1.67. The maximum Gasteiger partial charge on any atom is 0.255 e. The highest BCUT2D eigenvalue weighted by molar-refractivity contribution is 14.1. The molecule has 0 unspecified atom stereocenters. The number of nitrogens with zero attached hydrogens (tertiary/aromatic N) is 1. The molecule has 1 aromatic carbocycles. The summed E-state index contributed by atoms with van der Waals surface area (Å²) in [6.07, 6.45) is 0. The number of benzene rings is 1. The first-order valence-electron chi connectivity index (χ1n) is 6.43. The van der Waals surface area contributed by atoms with Gasteiger partial charge in [0, 0.05) is 29.6 Å². The van der Waals surface area contributed by atoms with E-state index in [9.17, 15) is 9.59 Å². The Bertz CT molecular complexity index is 532. The minimum Gasteiger partial charge on any atom is -0.496 e. The number of hydrogen-bond donors (Lipinski definition) is 2. The molecule has 0 aliphatic heterocycles. The molecule has 6 nitrogen and oxygen atoms in total. The number of carbonyl (C=O) groups excluding carboxylic acids is 2. The summed E-state index contributed by atoms with van der Waals surface area (Å²) in [5.41, 5.74) is 1.08. The van der Waals surface area contributed by atoms with Crippen LogP contribution in [0.25, 0.3) is 0 Å². The van der Waals surface area contributed by atoms with Gasteiger partial charge in [0.2, 0.25) is 5.91 Å². The molecule has 2 amide bonds. The molecule has 0 aliphatic rings. The van der Waals surface area contributed by atoms with E-state index in [1.807, 2.05) is 19.0 Å². The van der Waals surface area contributed by atoms with Gasteiger partial charge in [-0.1, -0.05) is 0 Å². The summed E-state index contributed by atoms with van der Waals surface area (Å²) >= 11 is 2.08. The fraction of sp³-hybridized carbons (Fsp3) is 0.429. The molecule has 0 aliphatic carbocycles. The number of ether oxygens (including phenoxy) is 1. The van der Waals surface area contributed by atoms with Crippen molar-refractivity contribution in [3.05, 3.63) is 21.3 Å². The Kier molecular flexibility index (Phi) is 6.90. The summed E-state index contributed by atoms with van der Waals surface area (Å²) < 4.78 is 6.02. The second-order valence-corrected chi connectivity index (χ2v) is 5.93. The molecule has 0 atom stereocenters. The summed E-state index contributed by atoms with van der Waals surface area (Å²) in [5, 5.41) is 5.55. The predicted octanol–water partition coefficient (Wildman–Crippen LogP) is 1.55. The van der Waals surface area contributed by atoms with Gasteiger partial charge >= 0.3 is 0 Å². The Morgan fingerprint density at radius 2 is 2.00 bits per heavy atom. The van der Waals surface area contributed by atoms with Gasteiger partial charge in [-0.25, -0.2) is 0 Å². The van der Waals surface area contributed by atoms with Crippen LogP contribution in [0.4, 0.5) is 5.69 Å². The number of rotatable bonds is 6. The third-order valence-corrected chi connectivity index (χ3v) is 3.58. The summed E-state index contributed by atoms with van der Waals surface area (Å²) in [6.45, 7) is 2.75. The molecule has 21 heavy (non-hydrogen) atoms. The van der Waals surface area contributed by atoms with Crippen LogP contribution in [0.15, 0.2) is 12.1 Å². The highest BCUT2D eigenvalue weighted by Gasteiger charge is 2.16. The molecule has 0 aromatic heterocycles. The summed E-state index contributed by atoms with van der Waals surface area (Å²) in [6, 6.07) is 3.36. The average Bonchev–Trinajstić information content (AvgIpc) is 2.39. The van der Waals surface area contributed by atoms with Crippen molar-refractivity contribution in [1.29, 1.82) is 0 Å². The van der Waals surface area contributed by atoms with Crippen molar-refractivity contribution >= 4 is 40.1 Å². The lowest BCUT2D eigenvalue weighted by molar-refractivity contribution is -0.114. The fourth-order valence-corrected chi connectivity index (χ4v) is 2.28.